The topological polar surface area (TPSA) is 72.4 Å². The molecule has 90 valence electrons. The van der Waals surface area contributed by atoms with Crippen molar-refractivity contribution in [3.8, 4) is 11.5 Å². The molecule has 0 aliphatic heterocycles. The summed E-state index contributed by atoms with van der Waals surface area (Å²) in [6, 6.07) is 3.43. The highest BCUT2D eigenvalue weighted by Gasteiger charge is 2.18. The number of carboxylic acid groups (broad SMARTS) is 1. The second kappa shape index (κ2) is 4.58. The Hall–Kier alpha value is -1.82. The highest BCUT2D eigenvalue weighted by Crippen LogP contribution is 2.26. The van der Waals surface area contributed by atoms with Crippen LogP contribution in [0.2, 0.25) is 0 Å². The molecule has 0 aromatic carbocycles. The van der Waals surface area contributed by atoms with Gasteiger partial charge in [0.05, 0.1) is 6.26 Å². The van der Waals surface area contributed by atoms with E-state index in [1.807, 2.05) is 6.92 Å². The van der Waals surface area contributed by atoms with Gasteiger partial charge in [-0.1, -0.05) is 18.3 Å². The van der Waals surface area contributed by atoms with Gasteiger partial charge in [-0.25, -0.2) is 0 Å². The number of aromatic nitrogens is 1. The van der Waals surface area contributed by atoms with Crippen LogP contribution in [-0.2, 0) is 17.8 Å². The molecule has 6 heteroatoms. The number of aryl methyl sites for hydroxylation is 1. The average Bonchev–Trinajstić information content (AvgIpc) is 2.87. The molecule has 0 aliphatic rings. The third-order valence-electron chi connectivity index (χ3n) is 2.33. The van der Waals surface area contributed by atoms with Gasteiger partial charge in [0.25, 0.3) is 0 Å². The zero-order valence-corrected chi connectivity index (χ0v) is 9.99. The van der Waals surface area contributed by atoms with Crippen molar-refractivity contribution in [1.82, 2.24) is 4.57 Å². The Balaban J connectivity index is 2.61. The van der Waals surface area contributed by atoms with Crippen LogP contribution in [0.25, 0.3) is 11.5 Å². The summed E-state index contributed by atoms with van der Waals surface area (Å²) in [5, 5.41) is 8.81. The number of aliphatic carboxylic acids is 1. The van der Waals surface area contributed by atoms with Crippen LogP contribution in [0.4, 0.5) is 0 Å². The summed E-state index contributed by atoms with van der Waals surface area (Å²) in [5.74, 6) is -0.512. The van der Waals surface area contributed by atoms with Gasteiger partial charge < -0.3 is 9.52 Å². The maximum Gasteiger partial charge on any atom is 0.323 e. The van der Waals surface area contributed by atoms with Gasteiger partial charge in [-0.3, -0.25) is 14.2 Å². The predicted octanol–water partition coefficient (Wildman–Crippen LogP) is 1.82. The van der Waals surface area contributed by atoms with Gasteiger partial charge >= 0.3 is 10.8 Å². The highest BCUT2D eigenvalue weighted by molar-refractivity contribution is 7.09. The van der Waals surface area contributed by atoms with Crippen LogP contribution < -0.4 is 4.87 Å². The number of thiazole rings is 1. The molecule has 2 heterocycles. The van der Waals surface area contributed by atoms with Crippen LogP contribution in [0, 0.1) is 0 Å². The van der Waals surface area contributed by atoms with Gasteiger partial charge in [-0.15, -0.1) is 0 Å². The maximum atomic E-state index is 11.7. The molecule has 0 saturated carbocycles. The fourth-order valence-corrected chi connectivity index (χ4v) is 2.58. The van der Waals surface area contributed by atoms with Crippen molar-refractivity contribution in [2.45, 2.75) is 19.9 Å². The van der Waals surface area contributed by atoms with E-state index in [0.29, 0.717) is 17.9 Å². The Labute approximate surface area is 101 Å². The zero-order valence-electron chi connectivity index (χ0n) is 9.17. The fourth-order valence-electron chi connectivity index (χ4n) is 1.65. The van der Waals surface area contributed by atoms with Crippen molar-refractivity contribution in [1.29, 1.82) is 0 Å². The SMILES string of the molecule is CCc1sc(=O)n(CC(=O)O)c1-c1ccco1. The number of carbonyl (C=O) groups is 1. The van der Waals surface area contributed by atoms with E-state index in [1.54, 1.807) is 12.1 Å². The lowest BCUT2D eigenvalue weighted by molar-refractivity contribution is -0.137. The molecule has 17 heavy (non-hydrogen) atoms. The van der Waals surface area contributed by atoms with Gasteiger partial charge in [-0.05, 0) is 18.6 Å². The molecular formula is C11H11NO4S. The predicted molar refractivity (Wildman–Crippen MR) is 63.3 cm³/mol. The third-order valence-corrected chi connectivity index (χ3v) is 3.46. The summed E-state index contributed by atoms with van der Waals surface area (Å²) >= 11 is 1.07. The molecule has 0 unspecified atom stereocenters. The first-order chi connectivity index (χ1) is 8.13. The van der Waals surface area contributed by atoms with Gasteiger partial charge in [0.15, 0.2) is 5.76 Å². The lowest BCUT2D eigenvalue weighted by Crippen LogP contribution is -2.19. The summed E-state index contributed by atoms with van der Waals surface area (Å²) in [6.45, 7) is 1.58. The summed E-state index contributed by atoms with van der Waals surface area (Å²) in [4.78, 5) is 23.1. The van der Waals surface area contributed by atoms with Crippen molar-refractivity contribution in [2.75, 3.05) is 0 Å². The Bertz CT molecular complexity index is 579. The molecule has 1 N–H and O–H groups in total. The summed E-state index contributed by atoms with van der Waals surface area (Å²) in [6.07, 6.45) is 2.17. The van der Waals surface area contributed by atoms with Gasteiger partial charge in [0, 0.05) is 4.88 Å². The Morgan fingerprint density at radius 1 is 1.59 bits per heavy atom. The van der Waals surface area contributed by atoms with E-state index in [9.17, 15) is 9.59 Å². The average molecular weight is 253 g/mol. The number of hydrogen-bond donors (Lipinski definition) is 1. The first-order valence-corrected chi connectivity index (χ1v) is 5.93. The summed E-state index contributed by atoms with van der Waals surface area (Å²) < 4.78 is 6.49. The number of hydrogen-bond acceptors (Lipinski definition) is 4. The zero-order chi connectivity index (χ0) is 12.4. The standard InChI is InChI=1S/C11H11NO4S/c1-2-8-10(7-4-3-5-16-7)12(6-9(13)14)11(15)17-8/h3-5H,2,6H2,1H3,(H,13,14). The summed E-state index contributed by atoms with van der Waals surface area (Å²) in [5.41, 5.74) is 0.579. The second-order valence-electron chi connectivity index (χ2n) is 3.45. The van der Waals surface area contributed by atoms with Crippen LogP contribution in [0.5, 0.6) is 0 Å². The quantitative estimate of drug-likeness (QED) is 0.902. The van der Waals surface area contributed by atoms with E-state index in [2.05, 4.69) is 0 Å². The minimum atomic E-state index is -1.04. The molecule has 0 aliphatic carbocycles. The molecule has 0 atom stereocenters. The molecule has 0 saturated heterocycles. The van der Waals surface area contributed by atoms with Crippen LogP contribution in [-0.4, -0.2) is 15.6 Å². The first-order valence-electron chi connectivity index (χ1n) is 5.11. The van der Waals surface area contributed by atoms with E-state index >= 15 is 0 Å². The maximum absolute atomic E-state index is 11.7. The van der Waals surface area contributed by atoms with Crippen molar-refractivity contribution < 1.29 is 14.3 Å². The number of nitrogens with zero attached hydrogens (tertiary/aromatic N) is 1. The molecule has 0 fully saturated rings. The lowest BCUT2D eigenvalue weighted by atomic mass is 10.2. The fraction of sp³-hybridized carbons (Fsp3) is 0.273. The normalized spacial score (nSPS) is 10.6. The second-order valence-corrected chi connectivity index (χ2v) is 4.50. The molecule has 0 amide bonds. The Morgan fingerprint density at radius 3 is 2.88 bits per heavy atom. The molecule has 2 aromatic rings. The highest BCUT2D eigenvalue weighted by atomic mass is 32.1. The van der Waals surface area contributed by atoms with Crippen molar-refractivity contribution in [3.05, 3.63) is 32.9 Å². The minimum absolute atomic E-state index is 0.268. The van der Waals surface area contributed by atoms with Crippen molar-refractivity contribution >= 4 is 17.3 Å². The first kappa shape index (κ1) is 11.7. The van der Waals surface area contributed by atoms with Crippen LogP contribution in [0.1, 0.15) is 11.8 Å². The van der Waals surface area contributed by atoms with Crippen molar-refractivity contribution in [3.63, 3.8) is 0 Å². The van der Waals surface area contributed by atoms with Gasteiger partial charge in [-0.2, -0.15) is 0 Å². The van der Waals surface area contributed by atoms with E-state index in [-0.39, 0.29) is 11.4 Å². The molecule has 0 bridgehead atoms. The lowest BCUT2D eigenvalue weighted by Gasteiger charge is -2.04. The van der Waals surface area contributed by atoms with Crippen LogP contribution in [0.15, 0.2) is 27.6 Å². The molecule has 0 radical (unpaired) electrons. The number of rotatable bonds is 4. The molecule has 5 nitrogen and oxygen atoms in total. The Morgan fingerprint density at radius 2 is 2.35 bits per heavy atom. The van der Waals surface area contributed by atoms with Gasteiger partial charge in [0.1, 0.15) is 12.2 Å². The number of carboxylic acids is 1. The largest absolute Gasteiger partial charge is 0.480 e. The number of furan rings is 1. The van der Waals surface area contributed by atoms with Crippen molar-refractivity contribution in [2.24, 2.45) is 0 Å². The third kappa shape index (κ3) is 2.16. The van der Waals surface area contributed by atoms with E-state index in [1.165, 1.54) is 10.8 Å². The monoisotopic (exact) mass is 253 g/mol. The molecular weight excluding hydrogens is 242 g/mol. The summed E-state index contributed by atoms with van der Waals surface area (Å²) in [7, 11) is 0. The Kier molecular flexibility index (Phi) is 3.14. The van der Waals surface area contributed by atoms with Crippen LogP contribution >= 0.6 is 11.3 Å². The smallest absolute Gasteiger partial charge is 0.323 e. The molecule has 0 spiro atoms. The minimum Gasteiger partial charge on any atom is -0.480 e. The van der Waals surface area contributed by atoms with Crippen LogP contribution in [0.3, 0.4) is 0 Å². The van der Waals surface area contributed by atoms with Gasteiger partial charge in [0.2, 0.25) is 0 Å². The molecule has 2 rings (SSSR count). The van der Waals surface area contributed by atoms with E-state index in [4.69, 9.17) is 9.52 Å². The molecule has 2 aromatic heterocycles. The van der Waals surface area contributed by atoms with E-state index in [0.717, 1.165) is 16.2 Å². The van der Waals surface area contributed by atoms with E-state index < -0.39 is 5.97 Å².